The minimum Gasteiger partial charge on any atom is -0.377 e. The first kappa shape index (κ1) is 8.61. The van der Waals surface area contributed by atoms with Crippen LogP contribution in [0.5, 0.6) is 0 Å². The zero-order chi connectivity index (χ0) is 9.54. The van der Waals surface area contributed by atoms with Crippen molar-refractivity contribution in [2.45, 2.75) is 18.5 Å². The van der Waals surface area contributed by atoms with Crippen LogP contribution in [0.4, 0.5) is 5.82 Å². The van der Waals surface area contributed by atoms with Crippen molar-refractivity contribution in [1.82, 2.24) is 9.97 Å². The molecule has 0 radical (unpaired) electrons. The van der Waals surface area contributed by atoms with E-state index in [1.54, 1.807) is 6.20 Å². The van der Waals surface area contributed by atoms with Crippen LogP contribution in [0.25, 0.3) is 0 Å². The number of nitrogens with zero attached hydrogens (tertiary/aromatic N) is 3. The lowest BCUT2D eigenvalue weighted by atomic mass is 9.91. The zero-order valence-electron chi connectivity index (χ0n) is 7.56. The fraction of sp³-hybridized carbons (Fsp3) is 0.556. The lowest BCUT2D eigenvalue weighted by Crippen LogP contribution is -2.64. The maximum atomic E-state index is 5.41. The molecule has 4 nitrogen and oxygen atoms in total. The van der Waals surface area contributed by atoms with Gasteiger partial charge in [0.25, 0.3) is 0 Å². The second-order valence-corrected chi connectivity index (χ2v) is 4.50. The first-order valence-electron chi connectivity index (χ1n) is 4.68. The molecular formula is C9H10BrN3O. The molecule has 5 heteroatoms. The number of halogens is 1. The molecule has 0 amide bonds. The Morgan fingerprint density at radius 3 is 2.64 bits per heavy atom. The first-order valence-corrected chi connectivity index (χ1v) is 5.47. The molecule has 1 aromatic heterocycles. The van der Waals surface area contributed by atoms with Gasteiger partial charge in [0.15, 0.2) is 0 Å². The van der Waals surface area contributed by atoms with Gasteiger partial charge in [0.05, 0.1) is 37.7 Å². The van der Waals surface area contributed by atoms with Gasteiger partial charge in [0, 0.05) is 0 Å². The lowest BCUT2D eigenvalue weighted by molar-refractivity contribution is 0.00965. The van der Waals surface area contributed by atoms with E-state index in [0.29, 0.717) is 12.1 Å². The number of aromatic nitrogens is 2. The van der Waals surface area contributed by atoms with E-state index in [1.807, 2.05) is 6.20 Å². The molecule has 2 atom stereocenters. The summed E-state index contributed by atoms with van der Waals surface area (Å²) in [5.41, 5.74) is 0. The van der Waals surface area contributed by atoms with Gasteiger partial charge in [-0.15, -0.1) is 0 Å². The molecule has 3 rings (SSSR count). The van der Waals surface area contributed by atoms with Gasteiger partial charge >= 0.3 is 0 Å². The molecule has 0 aliphatic carbocycles. The number of morpholine rings is 1. The highest BCUT2D eigenvalue weighted by Crippen LogP contribution is 2.34. The first-order chi connectivity index (χ1) is 6.84. The van der Waals surface area contributed by atoms with Crippen molar-refractivity contribution < 1.29 is 4.74 Å². The summed E-state index contributed by atoms with van der Waals surface area (Å²) in [6.07, 6.45) is 4.79. The predicted molar refractivity (Wildman–Crippen MR) is 55.2 cm³/mol. The van der Waals surface area contributed by atoms with Crippen LogP contribution in [0.15, 0.2) is 17.0 Å². The topological polar surface area (TPSA) is 38.2 Å². The van der Waals surface area contributed by atoms with Gasteiger partial charge in [-0.3, -0.25) is 0 Å². The molecule has 2 saturated heterocycles. The molecule has 0 unspecified atom stereocenters. The van der Waals surface area contributed by atoms with Crippen molar-refractivity contribution >= 4 is 21.7 Å². The van der Waals surface area contributed by atoms with Crippen LogP contribution in [-0.2, 0) is 4.74 Å². The van der Waals surface area contributed by atoms with Crippen molar-refractivity contribution in [3.8, 4) is 0 Å². The van der Waals surface area contributed by atoms with Gasteiger partial charge in [-0.1, -0.05) is 0 Å². The van der Waals surface area contributed by atoms with Gasteiger partial charge < -0.3 is 9.64 Å². The van der Waals surface area contributed by atoms with E-state index in [-0.39, 0.29) is 0 Å². The standard InChI is InChI=1S/C9H10BrN3O/c10-8-2-12-9(3-11-8)13-6-1-7(13)5-14-4-6/h2-3,6-7H,1,4-5H2/t6-,7+. The second-order valence-electron chi connectivity index (χ2n) is 3.69. The summed E-state index contributed by atoms with van der Waals surface area (Å²) >= 11 is 3.28. The second kappa shape index (κ2) is 3.17. The Bertz CT molecular complexity index is 328. The van der Waals surface area contributed by atoms with Crippen LogP contribution < -0.4 is 4.90 Å². The van der Waals surface area contributed by atoms with Crippen molar-refractivity contribution in [1.29, 1.82) is 0 Å². The summed E-state index contributed by atoms with van der Waals surface area (Å²) in [7, 11) is 0. The monoisotopic (exact) mass is 255 g/mol. The van der Waals surface area contributed by atoms with Gasteiger partial charge in [-0.25, -0.2) is 9.97 Å². The van der Waals surface area contributed by atoms with Crippen LogP contribution in [0, 0.1) is 0 Å². The van der Waals surface area contributed by atoms with Crippen LogP contribution >= 0.6 is 15.9 Å². The molecule has 2 bridgehead atoms. The molecule has 0 saturated carbocycles. The van der Waals surface area contributed by atoms with E-state index in [2.05, 4.69) is 30.8 Å². The average Bonchev–Trinajstić information content (AvgIpc) is 2.22. The van der Waals surface area contributed by atoms with Crippen LogP contribution in [0.2, 0.25) is 0 Å². The van der Waals surface area contributed by atoms with E-state index in [4.69, 9.17) is 4.74 Å². The van der Waals surface area contributed by atoms with Crippen molar-refractivity contribution in [3.05, 3.63) is 17.0 Å². The maximum Gasteiger partial charge on any atom is 0.147 e. The molecule has 3 heterocycles. The largest absolute Gasteiger partial charge is 0.377 e. The van der Waals surface area contributed by atoms with E-state index in [1.165, 1.54) is 6.42 Å². The van der Waals surface area contributed by atoms with E-state index in [0.717, 1.165) is 23.6 Å². The Balaban J connectivity index is 1.86. The number of ether oxygens (including phenoxy) is 1. The van der Waals surface area contributed by atoms with Crippen molar-refractivity contribution in [2.75, 3.05) is 18.1 Å². The third-order valence-electron chi connectivity index (χ3n) is 2.82. The fourth-order valence-corrected chi connectivity index (χ4v) is 2.36. The summed E-state index contributed by atoms with van der Waals surface area (Å²) < 4.78 is 6.19. The molecule has 74 valence electrons. The normalized spacial score (nSPS) is 29.9. The highest BCUT2D eigenvalue weighted by molar-refractivity contribution is 9.10. The molecule has 2 aliphatic heterocycles. The summed E-state index contributed by atoms with van der Waals surface area (Å²) in [6, 6.07) is 1.04. The van der Waals surface area contributed by atoms with Gasteiger partial charge in [0.2, 0.25) is 0 Å². The lowest BCUT2D eigenvalue weighted by Gasteiger charge is -2.52. The number of hydrogen-bond donors (Lipinski definition) is 0. The summed E-state index contributed by atoms with van der Waals surface area (Å²) in [5.74, 6) is 0.970. The molecular weight excluding hydrogens is 246 g/mol. The smallest absolute Gasteiger partial charge is 0.147 e. The van der Waals surface area contributed by atoms with Crippen molar-refractivity contribution in [2.24, 2.45) is 0 Å². The minimum absolute atomic E-state index is 0.518. The summed E-state index contributed by atoms with van der Waals surface area (Å²) in [5, 5.41) is 0. The average molecular weight is 256 g/mol. The van der Waals surface area contributed by atoms with E-state index < -0.39 is 0 Å². The molecule has 0 spiro atoms. The third kappa shape index (κ3) is 1.23. The number of anilines is 1. The predicted octanol–water partition coefficient (Wildman–Crippen LogP) is 1.22. The molecule has 14 heavy (non-hydrogen) atoms. The zero-order valence-corrected chi connectivity index (χ0v) is 9.14. The Hall–Kier alpha value is -0.680. The Kier molecular flexibility index (Phi) is 1.95. The van der Waals surface area contributed by atoms with E-state index in [9.17, 15) is 0 Å². The maximum absolute atomic E-state index is 5.41. The molecule has 0 N–H and O–H groups in total. The van der Waals surface area contributed by atoms with Gasteiger partial charge in [-0.05, 0) is 22.4 Å². The molecule has 2 fully saturated rings. The quantitative estimate of drug-likeness (QED) is 0.757. The minimum atomic E-state index is 0.518. The Labute approximate surface area is 90.4 Å². The number of hydrogen-bond acceptors (Lipinski definition) is 4. The number of rotatable bonds is 1. The van der Waals surface area contributed by atoms with Gasteiger partial charge in [-0.2, -0.15) is 0 Å². The summed E-state index contributed by atoms with van der Waals surface area (Å²) in [4.78, 5) is 10.8. The SMILES string of the molecule is Brc1cnc(N2[C@@H]3COC[C@H]2C3)cn1. The Morgan fingerprint density at radius 1 is 1.29 bits per heavy atom. The van der Waals surface area contributed by atoms with Crippen LogP contribution in [0.3, 0.4) is 0 Å². The van der Waals surface area contributed by atoms with Crippen molar-refractivity contribution in [3.63, 3.8) is 0 Å². The molecule has 2 aliphatic rings. The molecule has 1 aromatic rings. The Morgan fingerprint density at radius 2 is 2.07 bits per heavy atom. The third-order valence-corrected chi connectivity index (χ3v) is 3.23. The highest BCUT2D eigenvalue weighted by atomic mass is 79.9. The fourth-order valence-electron chi connectivity index (χ4n) is 2.15. The summed E-state index contributed by atoms with van der Waals surface area (Å²) in [6.45, 7) is 1.66. The van der Waals surface area contributed by atoms with Crippen LogP contribution in [0.1, 0.15) is 6.42 Å². The number of fused-ring (bicyclic) bond motifs is 2. The van der Waals surface area contributed by atoms with Gasteiger partial charge in [0.1, 0.15) is 10.4 Å². The van der Waals surface area contributed by atoms with Crippen LogP contribution in [-0.4, -0.2) is 35.3 Å². The highest BCUT2D eigenvalue weighted by Gasteiger charge is 2.43. The molecule has 0 aromatic carbocycles. The van der Waals surface area contributed by atoms with E-state index >= 15 is 0 Å².